The first-order valence-corrected chi connectivity index (χ1v) is 5.99. The Balaban J connectivity index is 2.31. The van der Waals surface area contributed by atoms with Gasteiger partial charge in [0.05, 0.1) is 17.0 Å². The van der Waals surface area contributed by atoms with Crippen molar-refractivity contribution in [2.45, 2.75) is 13.5 Å². The third kappa shape index (κ3) is 2.41. The average molecular weight is 264 g/mol. The molecule has 0 aliphatic heterocycles. The molecular weight excluding hydrogens is 250 g/mol. The van der Waals surface area contributed by atoms with Crippen LogP contribution in [0.15, 0.2) is 34.9 Å². The monoisotopic (exact) mass is 263 g/mol. The molecule has 3 nitrogen and oxygen atoms in total. The van der Waals surface area contributed by atoms with Crippen LogP contribution in [0, 0.1) is 6.92 Å². The van der Waals surface area contributed by atoms with Gasteiger partial charge in [0.25, 0.3) is 0 Å². The molecule has 0 N–H and O–H groups in total. The summed E-state index contributed by atoms with van der Waals surface area (Å²) >= 11 is 6.16. The van der Waals surface area contributed by atoms with E-state index >= 15 is 0 Å². The van der Waals surface area contributed by atoms with Crippen LogP contribution in [0.4, 0.5) is 5.69 Å². The first kappa shape index (κ1) is 12.7. The van der Waals surface area contributed by atoms with E-state index in [1.54, 1.807) is 24.5 Å². The molecule has 0 aliphatic carbocycles. The Labute approximate surface area is 111 Å². The van der Waals surface area contributed by atoms with Gasteiger partial charge in [-0.3, -0.25) is 4.79 Å². The van der Waals surface area contributed by atoms with Crippen LogP contribution in [0.5, 0.6) is 0 Å². The second-order valence-electron chi connectivity index (χ2n) is 4.15. The van der Waals surface area contributed by atoms with Crippen LogP contribution in [0.2, 0.25) is 5.02 Å². The number of aldehydes is 1. The summed E-state index contributed by atoms with van der Waals surface area (Å²) in [5.74, 6) is 0.876. The number of furan rings is 1. The molecule has 4 heteroatoms. The number of aryl methyl sites for hydroxylation is 1. The molecule has 0 bridgehead atoms. The number of rotatable bonds is 4. The second kappa shape index (κ2) is 5.27. The molecule has 0 saturated heterocycles. The van der Waals surface area contributed by atoms with Gasteiger partial charge in [0.15, 0.2) is 6.29 Å². The van der Waals surface area contributed by atoms with Crippen LogP contribution in [0.25, 0.3) is 0 Å². The van der Waals surface area contributed by atoms with Crippen molar-refractivity contribution in [2.24, 2.45) is 0 Å². The molecule has 0 fully saturated rings. The minimum Gasteiger partial charge on any atom is -0.469 e. The van der Waals surface area contributed by atoms with Gasteiger partial charge in [-0.1, -0.05) is 17.7 Å². The Hall–Kier alpha value is -1.74. The van der Waals surface area contributed by atoms with Gasteiger partial charge in [-0.2, -0.15) is 0 Å². The van der Waals surface area contributed by atoms with Crippen molar-refractivity contribution >= 4 is 23.6 Å². The molecule has 18 heavy (non-hydrogen) atoms. The van der Waals surface area contributed by atoms with E-state index in [0.717, 1.165) is 23.3 Å². The topological polar surface area (TPSA) is 33.5 Å². The number of benzene rings is 1. The molecule has 0 aliphatic rings. The van der Waals surface area contributed by atoms with Crippen LogP contribution in [0.3, 0.4) is 0 Å². The number of para-hydroxylation sites is 1. The molecule has 1 heterocycles. The lowest BCUT2D eigenvalue weighted by Crippen LogP contribution is -2.18. The molecule has 0 unspecified atom stereocenters. The van der Waals surface area contributed by atoms with Crippen LogP contribution >= 0.6 is 11.6 Å². The zero-order valence-corrected chi connectivity index (χ0v) is 11.1. The van der Waals surface area contributed by atoms with Gasteiger partial charge in [-0.25, -0.2) is 0 Å². The predicted molar refractivity (Wildman–Crippen MR) is 72.4 cm³/mol. The van der Waals surface area contributed by atoms with Crippen molar-refractivity contribution < 1.29 is 9.21 Å². The Morgan fingerprint density at radius 2 is 2.17 bits per heavy atom. The summed E-state index contributed by atoms with van der Waals surface area (Å²) in [5.41, 5.74) is 2.41. The fourth-order valence-corrected chi connectivity index (χ4v) is 2.27. The highest BCUT2D eigenvalue weighted by Crippen LogP contribution is 2.29. The van der Waals surface area contributed by atoms with Gasteiger partial charge in [0, 0.05) is 24.7 Å². The third-order valence-electron chi connectivity index (χ3n) is 2.90. The van der Waals surface area contributed by atoms with Gasteiger partial charge in [-0.05, 0) is 25.1 Å². The lowest BCUT2D eigenvalue weighted by atomic mass is 10.1. The normalized spacial score (nSPS) is 10.4. The summed E-state index contributed by atoms with van der Waals surface area (Å²) in [4.78, 5) is 13.0. The van der Waals surface area contributed by atoms with Gasteiger partial charge < -0.3 is 9.32 Å². The van der Waals surface area contributed by atoms with E-state index in [1.807, 2.05) is 24.9 Å². The Bertz CT molecular complexity index is 563. The SMILES string of the molecule is Cc1occc1CN(C)c1c(Cl)cccc1C=O. The molecule has 0 saturated carbocycles. The number of hydrogen-bond acceptors (Lipinski definition) is 3. The van der Waals surface area contributed by atoms with Crippen molar-refractivity contribution in [3.05, 3.63) is 52.4 Å². The summed E-state index contributed by atoms with van der Waals surface area (Å²) in [6, 6.07) is 7.23. The second-order valence-corrected chi connectivity index (χ2v) is 4.56. The number of hydrogen-bond donors (Lipinski definition) is 0. The van der Waals surface area contributed by atoms with Crippen molar-refractivity contribution in [3.63, 3.8) is 0 Å². The number of nitrogens with zero attached hydrogens (tertiary/aromatic N) is 1. The molecule has 0 spiro atoms. The van der Waals surface area contributed by atoms with E-state index in [9.17, 15) is 4.79 Å². The maximum atomic E-state index is 11.0. The molecule has 2 aromatic rings. The minimum atomic E-state index is 0.572. The standard InChI is InChI=1S/C14H14ClNO2/c1-10-11(6-7-18-10)8-16(2)14-12(9-17)4-3-5-13(14)15/h3-7,9H,8H2,1-2H3. The van der Waals surface area contributed by atoms with Crippen LogP contribution < -0.4 is 4.90 Å². The van der Waals surface area contributed by atoms with Crippen LogP contribution in [-0.4, -0.2) is 13.3 Å². The highest BCUT2D eigenvalue weighted by molar-refractivity contribution is 6.33. The third-order valence-corrected chi connectivity index (χ3v) is 3.21. The Morgan fingerprint density at radius 3 is 2.78 bits per heavy atom. The smallest absolute Gasteiger partial charge is 0.152 e. The molecule has 0 amide bonds. The molecule has 1 aromatic heterocycles. The predicted octanol–water partition coefficient (Wildman–Crippen LogP) is 3.69. The largest absolute Gasteiger partial charge is 0.469 e. The molecule has 94 valence electrons. The molecular formula is C14H14ClNO2. The molecule has 0 radical (unpaired) electrons. The quantitative estimate of drug-likeness (QED) is 0.789. The van der Waals surface area contributed by atoms with Crippen LogP contribution in [-0.2, 0) is 6.54 Å². The van der Waals surface area contributed by atoms with E-state index in [0.29, 0.717) is 17.1 Å². The molecule has 0 atom stereocenters. The van der Waals surface area contributed by atoms with Crippen LogP contribution in [0.1, 0.15) is 21.7 Å². The number of carbonyl (C=O) groups is 1. The highest BCUT2D eigenvalue weighted by Gasteiger charge is 2.13. The lowest BCUT2D eigenvalue weighted by molar-refractivity contribution is 0.112. The number of anilines is 1. The summed E-state index contributed by atoms with van der Waals surface area (Å²) in [6.45, 7) is 2.56. The van der Waals surface area contributed by atoms with Crippen molar-refractivity contribution in [1.29, 1.82) is 0 Å². The molecule has 1 aromatic carbocycles. The van der Waals surface area contributed by atoms with Crippen molar-refractivity contribution in [2.75, 3.05) is 11.9 Å². The van der Waals surface area contributed by atoms with E-state index in [-0.39, 0.29) is 0 Å². The van der Waals surface area contributed by atoms with E-state index in [2.05, 4.69) is 0 Å². The summed E-state index contributed by atoms with van der Waals surface area (Å²) < 4.78 is 5.26. The highest BCUT2D eigenvalue weighted by atomic mass is 35.5. The zero-order valence-electron chi connectivity index (χ0n) is 10.3. The van der Waals surface area contributed by atoms with Crippen molar-refractivity contribution in [3.8, 4) is 0 Å². The fraction of sp³-hybridized carbons (Fsp3) is 0.214. The zero-order chi connectivity index (χ0) is 13.1. The first-order valence-electron chi connectivity index (χ1n) is 5.61. The van der Waals surface area contributed by atoms with Gasteiger partial charge in [0.1, 0.15) is 5.76 Å². The molecule has 2 rings (SSSR count). The average Bonchev–Trinajstić information content (AvgIpc) is 2.74. The van der Waals surface area contributed by atoms with Gasteiger partial charge >= 0.3 is 0 Å². The summed E-state index contributed by atoms with van der Waals surface area (Å²) in [6.07, 6.45) is 2.48. The van der Waals surface area contributed by atoms with E-state index in [1.165, 1.54) is 0 Å². The number of carbonyl (C=O) groups excluding carboxylic acids is 1. The first-order chi connectivity index (χ1) is 8.63. The summed E-state index contributed by atoms with van der Waals surface area (Å²) in [7, 11) is 1.90. The maximum absolute atomic E-state index is 11.0. The van der Waals surface area contributed by atoms with Gasteiger partial charge in [-0.15, -0.1) is 0 Å². The fourth-order valence-electron chi connectivity index (χ4n) is 1.94. The summed E-state index contributed by atoms with van der Waals surface area (Å²) in [5, 5.41) is 0.572. The Kier molecular flexibility index (Phi) is 3.72. The minimum absolute atomic E-state index is 0.572. The van der Waals surface area contributed by atoms with E-state index < -0.39 is 0 Å². The maximum Gasteiger partial charge on any atom is 0.152 e. The van der Waals surface area contributed by atoms with E-state index in [4.69, 9.17) is 16.0 Å². The van der Waals surface area contributed by atoms with Gasteiger partial charge in [0.2, 0.25) is 0 Å². The Morgan fingerprint density at radius 1 is 1.39 bits per heavy atom. The number of halogens is 1. The van der Waals surface area contributed by atoms with Crippen molar-refractivity contribution in [1.82, 2.24) is 0 Å². The lowest BCUT2D eigenvalue weighted by Gasteiger charge is -2.21.